The summed E-state index contributed by atoms with van der Waals surface area (Å²) >= 11 is 13.1. The van der Waals surface area contributed by atoms with Gasteiger partial charge in [0.05, 0.1) is 24.9 Å². The molecule has 6 fully saturated rings. The van der Waals surface area contributed by atoms with E-state index in [0.29, 0.717) is 40.7 Å². The Labute approximate surface area is 420 Å². The van der Waals surface area contributed by atoms with Crippen LogP contribution >= 0.6 is 23.2 Å². The fraction of sp³-hybridized carbons (Fsp3) is 0.536. The highest BCUT2D eigenvalue weighted by atomic mass is 35.5. The molecule has 0 bridgehead atoms. The Balaban J connectivity index is 0.000000176. The van der Waals surface area contributed by atoms with Crippen LogP contribution in [0, 0.1) is 29.6 Å². The average molecular weight is 1000 g/mol. The molecule has 12 nitrogen and oxygen atoms in total. The summed E-state index contributed by atoms with van der Waals surface area (Å²) in [6.45, 7) is 6.26. The number of hydrogen-bond acceptors (Lipinski definition) is 12. The van der Waals surface area contributed by atoms with Crippen LogP contribution in [0.1, 0.15) is 118 Å². The van der Waals surface area contributed by atoms with Crippen LogP contribution in [-0.4, -0.2) is 93.9 Å². The fourth-order valence-electron chi connectivity index (χ4n) is 11.4. The van der Waals surface area contributed by atoms with E-state index in [0.717, 1.165) is 69.4 Å². The zero-order chi connectivity index (χ0) is 49.4. The molecule has 0 aromatic heterocycles. The van der Waals surface area contributed by atoms with Crippen molar-refractivity contribution in [3.05, 3.63) is 128 Å². The van der Waals surface area contributed by atoms with E-state index >= 15 is 0 Å². The topological polar surface area (TPSA) is 170 Å². The minimum atomic E-state index is -1.41. The highest BCUT2D eigenvalue weighted by Gasteiger charge is 2.49. The Morgan fingerprint density at radius 2 is 1.03 bits per heavy atom. The van der Waals surface area contributed by atoms with Gasteiger partial charge in [-0.05, 0) is 151 Å². The lowest BCUT2D eigenvalue weighted by Crippen LogP contribution is -2.55. The van der Waals surface area contributed by atoms with Gasteiger partial charge in [-0.2, -0.15) is 0 Å². The summed E-state index contributed by atoms with van der Waals surface area (Å²) in [5.74, 6) is 4.36. The fourth-order valence-corrected chi connectivity index (χ4v) is 11.8. The number of esters is 2. The van der Waals surface area contributed by atoms with Gasteiger partial charge >= 0.3 is 11.9 Å². The summed E-state index contributed by atoms with van der Waals surface area (Å²) in [7, 11) is 0. The largest absolute Gasteiger partial charge is 0.490 e. The van der Waals surface area contributed by atoms with Crippen LogP contribution in [-0.2, 0) is 41.4 Å². The minimum Gasteiger partial charge on any atom is -0.490 e. The van der Waals surface area contributed by atoms with E-state index in [2.05, 4.69) is 12.1 Å². The Morgan fingerprint density at radius 1 is 0.586 bits per heavy atom. The molecule has 10 rings (SSSR count). The molecule has 4 saturated carbocycles. The molecule has 6 aliphatic rings. The van der Waals surface area contributed by atoms with Crippen LogP contribution in [0.15, 0.2) is 84.9 Å². The first kappa shape index (κ1) is 50.7. The summed E-state index contributed by atoms with van der Waals surface area (Å²) in [6, 6.07) is 27.3. The minimum absolute atomic E-state index is 0.132. The molecule has 4 aromatic rings. The van der Waals surface area contributed by atoms with Crippen LogP contribution < -0.4 is 9.47 Å². The van der Waals surface area contributed by atoms with E-state index < -0.39 is 67.4 Å². The molecule has 0 spiro atoms. The molecule has 4 aliphatic carbocycles. The maximum Gasteiger partial charge on any atom is 0.303 e. The van der Waals surface area contributed by atoms with E-state index in [-0.39, 0.29) is 12.0 Å². The van der Waals surface area contributed by atoms with Gasteiger partial charge in [0.2, 0.25) is 0 Å². The first-order valence-corrected chi connectivity index (χ1v) is 25.8. The monoisotopic (exact) mass is 1000 g/mol. The van der Waals surface area contributed by atoms with Crippen LogP contribution in [0.3, 0.4) is 0 Å². The second kappa shape index (κ2) is 21.9. The highest BCUT2D eigenvalue weighted by Crippen LogP contribution is 2.53. The number of ether oxygens (including phenoxy) is 6. The van der Waals surface area contributed by atoms with Gasteiger partial charge in [-0.15, -0.1) is 0 Å². The van der Waals surface area contributed by atoms with Crippen molar-refractivity contribution < 1.29 is 58.4 Å². The third kappa shape index (κ3) is 11.8. The van der Waals surface area contributed by atoms with Gasteiger partial charge in [-0.3, -0.25) is 9.59 Å². The molecule has 14 atom stereocenters. The molecule has 0 amide bonds. The molecule has 4 N–H and O–H groups in total. The number of carbonyl (C=O) groups is 2. The summed E-state index contributed by atoms with van der Waals surface area (Å²) in [6.07, 6.45) is 2.05. The smallest absolute Gasteiger partial charge is 0.303 e. The van der Waals surface area contributed by atoms with Gasteiger partial charge in [-0.1, -0.05) is 85.6 Å². The Morgan fingerprint density at radius 3 is 1.47 bits per heavy atom. The lowest BCUT2D eigenvalue weighted by molar-refractivity contribution is -0.231. The SMILES string of the molecule is CC[C@H]1OC(c2ccc(Cl)c(Cc3ccc(OC4CC5CC5C4)cc3)c2)[C@H](OC(C)=O)[C@@H](OC(C)=O)[C@@H]1C.OC[C@H]1OC(c2ccc(Cl)c(Cc3ccc(OC4CC5CC5C4)cc3)c2)[C@H](O)[C@@H](O)[C@@H]1O. The molecule has 6 unspecified atom stereocenters. The summed E-state index contributed by atoms with van der Waals surface area (Å²) < 4.78 is 35.9. The van der Waals surface area contributed by atoms with Crippen molar-refractivity contribution in [3.63, 3.8) is 0 Å². The third-order valence-corrected chi connectivity index (χ3v) is 16.1. The summed E-state index contributed by atoms with van der Waals surface area (Å²) in [5, 5.41) is 41.2. The third-order valence-electron chi connectivity index (χ3n) is 15.4. The molecule has 2 heterocycles. The lowest BCUT2D eigenvalue weighted by Gasteiger charge is -2.44. The van der Waals surface area contributed by atoms with Gasteiger partial charge in [0, 0.05) is 29.8 Å². The summed E-state index contributed by atoms with van der Waals surface area (Å²) in [4.78, 5) is 24.0. The molecule has 14 heteroatoms. The molecule has 70 heavy (non-hydrogen) atoms. The highest BCUT2D eigenvalue weighted by molar-refractivity contribution is 6.31. The lowest BCUT2D eigenvalue weighted by atomic mass is 9.84. The molecular weight excluding hydrogens is 936 g/mol. The molecule has 4 aromatic carbocycles. The molecule has 2 saturated heterocycles. The molecular formula is C56H66Cl2O12. The van der Waals surface area contributed by atoms with Crippen molar-refractivity contribution in [1.29, 1.82) is 0 Å². The number of aliphatic hydroxyl groups is 4. The number of rotatable bonds is 14. The second-order valence-corrected chi connectivity index (χ2v) is 21.4. The zero-order valence-electron chi connectivity index (χ0n) is 40.2. The predicted octanol–water partition coefficient (Wildman–Crippen LogP) is 9.08. The van der Waals surface area contributed by atoms with E-state index in [1.165, 1.54) is 52.4 Å². The standard InChI is InChI=1S/C31H37ClO6.C25H29ClO6/c1-5-28-17(2)29(35-18(3)33)31(36-19(4)34)30(38-28)21-8-11-27(32)24(13-21)12-20-6-9-25(10-7-20)37-26-15-22-14-23(22)16-26;26-20-6-3-14(25-24(30)23(29)22(28)21(12-27)32-25)8-17(20)7-13-1-4-18(5-2-13)31-19-10-15-9-16(15)11-19/h6-11,13,17,22-23,26,28-31H,5,12,14-16H2,1-4H3;1-6,8,15-16,19,21-25,27-30H,7,9-12H2/t17-,22?,23?,26?,28-,29+,30?,31-;15?,16?,19?,21-,22-,23+,24-,25?/m11/s1. The first-order chi connectivity index (χ1) is 33.6. The number of benzene rings is 4. The molecule has 0 radical (unpaired) electrons. The van der Waals surface area contributed by atoms with Gasteiger partial charge in [0.25, 0.3) is 0 Å². The van der Waals surface area contributed by atoms with Gasteiger partial charge in [-0.25, -0.2) is 0 Å². The maximum absolute atomic E-state index is 12.0. The van der Waals surface area contributed by atoms with Crippen LogP contribution in [0.2, 0.25) is 10.0 Å². The van der Waals surface area contributed by atoms with Gasteiger partial charge in [0.15, 0.2) is 6.10 Å². The van der Waals surface area contributed by atoms with Gasteiger partial charge in [0.1, 0.15) is 54.2 Å². The normalized spacial score (nSPS) is 33.7. The van der Waals surface area contributed by atoms with E-state index in [9.17, 15) is 30.0 Å². The summed E-state index contributed by atoms with van der Waals surface area (Å²) in [5.41, 5.74) is 5.43. The van der Waals surface area contributed by atoms with E-state index in [4.69, 9.17) is 51.6 Å². The number of aliphatic hydroxyl groups excluding tert-OH is 4. The van der Waals surface area contributed by atoms with Crippen molar-refractivity contribution in [1.82, 2.24) is 0 Å². The quantitative estimate of drug-likeness (QED) is 0.0886. The van der Waals surface area contributed by atoms with E-state index in [1.807, 2.05) is 74.5 Å². The number of hydrogen-bond donors (Lipinski definition) is 4. The Hall–Kier alpha value is -4.24. The maximum atomic E-state index is 12.0. The average Bonchev–Trinajstić information content (AvgIpc) is 4.18. The first-order valence-electron chi connectivity index (χ1n) is 25.0. The molecule has 2 aliphatic heterocycles. The van der Waals surface area contributed by atoms with Crippen molar-refractivity contribution in [3.8, 4) is 11.5 Å². The van der Waals surface area contributed by atoms with Gasteiger partial charge < -0.3 is 48.8 Å². The predicted molar refractivity (Wildman–Crippen MR) is 263 cm³/mol. The Bertz CT molecular complexity index is 2430. The van der Waals surface area contributed by atoms with Crippen molar-refractivity contribution in [2.75, 3.05) is 6.61 Å². The van der Waals surface area contributed by atoms with Crippen LogP contribution in [0.4, 0.5) is 0 Å². The van der Waals surface area contributed by atoms with Crippen LogP contribution in [0.25, 0.3) is 0 Å². The zero-order valence-corrected chi connectivity index (χ0v) is 41.7. The Kier molecular flexibility index (Phi) is 15.8. The second-order valence-electron chi connectivity index (χ2n) is 20.5. The van der Waals surface area contributed by atoms with Crippen molar-refractivity contribution >= 4 is 35.1 Å². The van der Waals surface area contributed by atoms with Crippen molar-refractivity contribution in [2.45, 2.75) is 153 Å². The molecule has 376 valence electrons. The number of carbonyl (C=O) groups excluding carboxylic acids is 2. The van der Waals surface area contributed by atoms with Crippen molar-refractivity contribution in [2.24, 2.45) is 29.6 Å². The number of fused-ring (bicyclic) bond motifs is 2. The van der Waals surface area contributed by atoms with E-state index in [1.54, 1.807) is 12.1 Å². The number of halogens is 2. The van der Waals surface area contributed by atoms with Crippen LogP contribution in [0.5, 0.6) is 11.5 Å².